The predicted octanol–water partition coefficient (Wildman–Crippen LogP) is 3.49. The van der Waals surface area contributed by atoms with Crippen LogP contribution in [-0.4, -0.2) is 18.3 Å². The van der Waals surface area contributed by atoms with Crippen molar-refractivity contribution in [3.63, 3.8) is 0 Å². The van der Waals surface area contributed by atoms with Crippen LogP contribution in [0.4, 0.5) is 0 Å². The molecule has 19 heavy (non-hydrogen) atoms. The number of aliphatic hydroxyl groups excluding tert-OH is 1. The molecule has 0 fully saturated rings. The third kappa shape index (κ3) is 3.58. The largest absolute Gasteiger partial charge is 0.459 e. The van der Waals surface area contributed by atoms with E-state index in [1.807, 2.05) is 18.2 Å². The van der Waals surface area contributed by atoms with Crippen LogP contribution >= 0.6 is 0 Å². The minimum Gasteiger partial charge on any atom is -0.459 e. The molecule has 0 aliphatic carbocycles. The quantitative estimate of drug-likeness (QED) is 0.836. The van der Waals surface area contributed by atoms with E-state index in [-0.39, 0.29) is 18.1 Å². The molecule has 0 saturated heterocycles. The topological polar surface area (TPSA) is 45.4 Å². The van der Waals surface area contributed by atoms with Gasteiger partial charge in [-0.3, -0.25) is 0 Å². The summed E-state index contributed by atoms with van der Waals surface area (Å²) in [6.07, 6.45) is 0.798. The Morgan fingerprint density at radius 1 is 1.32 bits per heavy atom. The van der Waals surface area contributed by atoms with Crippen LogP contribution in [0.5, 0.6) is 0 Å². The summed E-state index contributed by atoms with van der Waals surface area (Å²) >= 11 is 0. The molecular weight excluding hydrogens is 238 g/mol. The lowest BCUT2D eigenvalue weighted by Crippen LogP contribution is -2.31. The second-order valence-corrected chi connectivity index (χ2v) is 5.93. The van der Waals surface area contributed by atoms with Crippen molar-refractivity contribution >= 4 is 11.0 Å². The highest BCUT2D eigenvalue weighted by Gasteiger charge is 2.19. The Balaban J connectivity index is 2.01. The maximum Gasteiger partial charge on any atom is 0.134 e. The second kappa shape index (κ2) is 5.76. The van der Waals surface area contributed by atoms with E-state index in [9.17, 15) is 0 Å². The fourth-order valence-electron chi connectivity index (χ4n) is 2.14. The first-order valence-corrected chi connectivity index (χ1v) is 6.84. The van der Waals surface area contributed by atoms with Crippen LogP contribution < -0.4 is 5.32 Å². The zero-order valence-corrected chi connectivity index (χ0v) is 11.9. The highest BCUT2D eigenvalue weighted by molar-refractivity contribution is 5.77. The summed E-state index contributed by atoms with van der Waals surface area (Å²) in [7, 11) is 0. The van der Waals surface area contributed by atoms with E-state index >= 15 is 0 Å². The number of furan rings is 1. The molecule has 2 aromatic rings. The first-order chi connectivity index (χ1) is 9.02. The lowest BCUT2D eigenvalue weighted by molar-refractivity contribution is 0.202. The van der Waals surface area contributed by atoms with Crippen molar-refractivity contribution in [1.82, 2.24) is 5.32 Å². The van der Waals surface area contributed by atoms with Crippen LogP contribution in [0.25, 0.3) is 11.0 Å². The Morgan fingerprint density at radius 3 is 2.74 bits per heavy atom. The molecule has 2 N–H and O–H groups in total. The fourth-order valence-corrected chi connectivity index (χ4v) is 2.14. The molecule has 1 unspecified atom stereocenters. The van der Waals surface area contributed by atoms with Gasteiger partial charge in [0.15, 0.2) is 0 Å². The van der Waals surface area contributed by atoms with Crippen LogP contribution in [0, 0.1) is 5.41 Å². The molecular formula is C16H23NO2. The molecule has 104 valence electrons. The van der Waals surface area contributed by atoms with Crippen LogP contribution in [0.15, 0.2) is 34.7 Å². The SMILES string of the molecule is CC(NCC(C)(C)CCO)c1cc2ccccc2o1. The molecule has 1 aromatic heterocycles. The number of aliphatic hydroxyl groups is 1. The van der Waals surface area contributed by atoms with Gasteiger partial charge >= 0.3 is 0 Å². The van der Waals surface area contributed by atoms with Crippen molar-refractivity contribution in [2.45, 2.75) is 33.2 Å². The summed E-state index contributed by atoms with van der Waals surface area (Å²) < 4.78 is 5.84. The van der Waals surface area contributed by atoms with Gasteiger partial charge in [-0.05, 0) is 30.9 Å². The molecule has 3 heteroatoms. The van der Waals surface area contributed by atoms with Gasteiger partial charge in [0.05, 0.1) is 6.04 Å². The van der Waals surface area contributed by atoms with Crippen molar-refractivity contribution in [3.8, 4) is 0 Å². The first-order valence-electron chi connectivity index (χ1n) is 6.84. The number of nitrogens with one attached hydrogen (secondary N) is 1. The third-order valence-electron chi connectivity index (χ3n) is 3.55. The second-order valence-electron chi connectivity index (χ2n) is 5.93. The Bertz CT molecular complexity index is 497. The monoisotopic (exact) mass is 261 g/mol. The smallest absolute Gasteiger partial charge is 0.134 e. The molecule has 0 bridgehead atoms. The molecule has 3 nitrogen and oxygen atoms in total. The summed E-state index contributed by atoms with van der Waals surface area (Å²) in [5.41, 5.74) is 1.02. The first kappa shape index (κ1) is 14.1. The van der Waals surface area contributed by atoms with Crippen molar-refractivity contribution in [2.24, 2.45) is 5.41 Å². The highest BCUT2D eigenvalue weighted by Crippen LogP contribution is 2.25. The van der Waals surface area contributed by atoms with Gasteiger partial charge in [-0.2, -0.15) is 0 Å². The van der Waals surface area contributed by atoms with Gasteiger partial charge in [-0.25, -0.2) is 0 Å². The number of fused-ring (bicyclic) bond motifs is 1. The predicted molar refractivity (Wildman–Crippen MR) is 78.1 cm³/mol. The average molecular weight is 261 g/mol. The van der Waals surface area contributed by atoms with Crippen LogP contribution in [-0.2, 0) is 0 Å². The van der Waals surface area contributed by atoms with Gasteiger partial charge in [0.1, 0.15) is 11.3 Å². The van der Waals surface area contributed by atoms with Crippen molar-refractivity contribution in [3.05, 3.63) is 36.1 Å². The summed E-state index contributed by atoms with van der Waals surface area (Å²) in [6, 6.07) is 10.3. The van der Waals surface area contributed by atoms with Gasteiger partial charge in [-0.1, -0.05) is 32.0 Å². The number of benzene rings is 1. The summed E-state index contributed by atoms with van der Waals surface area (Å²) in [6.45, 7) is 7.50. The minimum absolute atomic E-state index is 0.0923. The fraction of sp³-hybridized carbons (Fsp3) is 0.500. The molecule has 0 saturated carbocycles. The number of hydrogen-bond acceptors (Lipinski definition) is 3. The Morgan fingerprint density at radius 2 is 2.05 bits per heavy atom. The molecule has 2 rings (SSSR count). The lowest BCUT2D eigenvalue weighted by Gasteiger charge is -2.25. The highest BCUT2D eigenvalue weighted by atomic mass is 16.3. The molecule has 0 radical (unpaired) electrons. The van der Waals surface area contributed by atoms with Gasteiger partial charge in [-0.15, -0.1) is 0 Å². The van der Waals surface area contributed by atoms with E-state index < -0.39 is 0 Å². The van der Waals surface area contributed by atoms with Crippen molar-refractivity contribution in [1.29, 1.82) is 0 Å². The van der Waals surface area contributed by atoms with Crippen molar-refractivity contribution in [2.75, 3.05) is 13.2 Å². The van der Waals surface area contributed by atoms with E-state index in [1.165, 1.54) is 0 Å². The van der Waals surface area contributed by atoms with E-state index in [0.29, 0.717) is 0 Å². The van der Waals surface area contributed by atoms with E-state index in [2.05, 4.69) is 38.2 Å². The Kier molecular flexibility index (Phi) is 4.27. The van der Waals surface area contributed by atoms with Crippen LogP contribution in [0.1, 0.15) is 39.0 Å². The van der Waals surface area contributed by atoms with Gasteiger partial charge in [0.25, 0.3) is 0 Å². The maximum absolute atomic E-state index is 9.03. The molecule has 0 aliphatic heterocycles. The lowest BCUT2D eigenvalue weighted by atomic mass is 9.89. The number of rotatable bonds is 6. The molecule has 0 aliphatic rings. The normalized spacial score (nSPS) is 13.9. The van der Waals surface area contributed by atoms with E-state index in [4.69, 9.17) is 9.52 Å². The Labute approximate surface area is 114 Å². The average Bonchev–Trinajstić information content (AvgIpc) is 2.79. The summed E-state index contributed by atoms with van der Waals surface area (Å²) in [5.74, 6) is 0.959. The third-order valence-corrected chi connectivity index (χ3v) is 3.55. The molecule has 1 aromatic carbocycles. The van der Waals surface area contributed by atoms with Gasteiger partial charge < -0.3 is 14.8 Å². The zero-order valence-electron chi connectivity index (χ0n) is 11.9. The molecule has 1 atom stereocenters. The maximum atomic E-state index is 9.03. The van der Waals surface area contributed by atoms with Crippen LogP contribution in [0.3, 0.4) is 0 Å². The summed E-state index contributed by atoms with van der Waals surface area (Å²) in [4.78, 5) is 0. The molecule has 0 spiro atoms. The number of hydrogen-bond donors (Lipinski definition) is 2. The number of para-hydroxylation sites is 1. The standard InChI is InChI=1S/C16H23NO2/c1-12(17-11-16(2,3)8-9-18)15-10-13-6-4-5-7-14(13)19-15/h4-7,10,12,17-18H,8-9,11H2,1-3H3. The Hall–Kier alpha value is -1.32. The van der Waals surface area contributed by atoms with E-state index in [1.54, 1.807) is 0 Å². The van der Waals surface area contributed by atoms with Crippen molar-refractivity contribution < 1.29 is 9.52 Å². The van der Waals surface area contributed by atoms with Gasteiger partial charge in [0.2, 0.25) is 0 Å². The summed E-state index contributed by atoms with van der Waals surface area (Å²) in [5, 5.41) is 13.7. The van der Waals surface area contributed by atoms with Crippen LogP contribution in [0.2, 0.25) is 0 Å². The molecule has 1 heterocycles. The molecule has 0 amide bonds. The van der Waals surface area contributed by atoms with Gasteiger partial charge in [0, 0.05) is 18.5 Å². The van der Waals surface area contributed by atoms with E-state index in [0.717, 1.165) is 29.7 Å². The minimum atomic E-state index is 0.0923. The zero-order chi connectivity index (χ0) is 13.9.